The number of nitro groups is 1. The summed E-state index contributed by atoms with van der Waals surface area (Å²) in [6, 6.07) is 6.10. The highest BCUT2D eigenvalue weighted by atomic mass is 32.1. The zero-order chi connectivity index (χ0) is 15.1. The number of pyridine rings is 1. The molecule has 0 fully saturated rings. The van der Waals surface area contributed by atoms with E-state index in [0.29, 0.717) is 15.6 Å². The number of carbonyl (C=O) groups excluding carboxylic acids is 1. The number of esters is 1. The first-order valence-corrected chi connectivity index (χ1v) is 6.66. The molecule has 0 unspecified atom stereocenters. The van der Waals surface area contributed by atoms with E-state index >= 15 is 0 Å². The summed E-state index contributed by atoms with van der Waals surface area (Å²) in [6.07, 6.45) is 0. The predicted octanol–water partition coefficient (Wildman–Crippen LogP) is 2.44. The van der Waals surface area contributed by atoms with Crippen LogP contribution in [0.5, 0.6) is 0 Å². The number of nitrogens with one attached hydrogen (secondary N) is 1. The number of para-hydroxylation sites is 1. The van der Waals surface area contributed by atoms with Crippen molar-refractivity contribution in [3.05, 3.63) is 50.3 Å². The number of hydrogen-bond donors (Lipinski definition) is 1. The molecule has 2 aromatic heterocycles. The lowest BCUT2D eigenvalue weighted by Crippen LogP contribution is -2.09. The van der Waals surface area contributed by atoms with Crippen LogP contribution in [0.2, 0.25) is 0 Å². The van der Waals surface area contributed by atoms with Crippen LogP contribution >= 0.6 is 11.3 Å². The van der Waals surface area contributed by atoms with Crippen LogP contribution in [-0.4, -0.2) is 23.0 Å². The normalized spacial score (nSPS) is 10.9. The number of fused-ring (bicyclic) bond motifs is 3. The Hall–Kier alpha value is -2.74. The van der Waals surface area contributed by atoms with E-state index in [1.54, 1.807) is 12.1 Å². The summed E-state index contributed by atoms with van der Waals surface area (Å²) in [4.78, 5) is 36.7. The number of ether oxygens (including phenoxy) is 1. The van der Waals surface area contributed by atoms with Gasteiger partial charge in [0.05, 0.1) is 33.2 Å². The highest BCUT2D eigenvalue weighted by Gasteiger charge is 2.19. The van der Waals surface area contributed by atoms with E-state index < -0.39 is 16.5 Å². The molecule has 3 aromatic rings. The van der Waals surface area contributed by atoms with Crippen LogP contribution in [0, 0.1) is 10.1 Å². The van der Waals surface area contributed by atoms with Gasteiger partial charge in [-0.05, 0) is 6.07 Å². The van der Waals surface area contributed by atoms with Gasteiger partial charge in [0.2, 0.25) is 0 Å². The van der Waals surface area contributed by atoms with Gasteiger partial charge in [0.15, 0.2) is 0 Å². The number of rotatable bonds is 2. The van der Waals surface area contributed by atoms with Gasteiger partial charge in [0.1, 0.15) is 0 Å². The number of nitrogens with zero attached hydrogens (tertiary/aromatic N) is 1. The molecule has 0 aliphatic rings. The molecule has 8 heteroatoms. The fraction of sp³-hybridized carbons (Fsp3) is 0.0769. The molecule has 106 valence electrons. The summed E-state index contributed by atoms with van der Waals surface area (Å²) in [5, 5.41) is 11.6. The second-order valence-corrected chi connectivity index (χ2v) is 5.29. The fourth-order valence-electron chi connectivity index (χ4n) is 2.17. The summed E-state index contributed by atoms with van der Waals surface area (Å²) in [7, 11) is 1.24. The second kappa shape index (κ2) is 4.67. The van der Waals surface area contributed by atoms with Gasteiger partial charge in [0.25, 0.3) is 5.56 Å². The van der Waals surface area contributed by atoms with Crippen molar-refractivity contribution in [2.45, 2.75) is 0 Å². The van der Waals surface area contributed by atoms with Gasteiger partial charge < -0.3 is 9.72 Å². The summed E-state index contributed by atoms with van der Waals surface area (Å²) >= 11 is 0.906. The standard InChI is InChI=1S/C13H8N2O5S/c1-20-13(17)7-4-2-3-6-10(7)14-12(16)8-5-9(15(18)19)21-11(6)8/h2-5H,1H3,(H,14,16). The second-order valence-electron chi connectivity index (χ2n) is 4.26. The van der Waals surface area contributed by atoms with Crippen LogP contribution in [0.1, 0.15) is 10.4 Å². The summed E-state index contributed by atoms with van der Waals surface area (Å²) < 4.78 is 5.15. The van der Waals surface area contributed by atoms with E-state index in [1.165, 1.54) is 19.2 Å². The zero-order valence-electron chi connectivity index (χ0n) is 10.7. The van der Waals surface area contributed by atoms with Gasteiger partial charge in [-0.2, -0.15) is 0 Å². The Morgan fingerprint density at radius 3 is 2.81 bits per heavy atom. The molecule has 0 aliphatic heterocycles. The Morgan fingerprint density at radius 1 is 1.38 bits per heavy atom. The number of H-pyrrole nitrogens is 1. The maximum atomic E-state index is 12.1. The van der Waals surface area contributed by atoms with Crippen LogP contribution < -0.4 is 5.56 Å². The van der Waals surface area contributed by atoms with E-state index in [9.17, 15) is 19.7 Å². The van der Waals surface area contributed by atoms with E-state index in [2.05, 4.69) is 9.72 Å². The zero-order valence-corrected chi connectivity index (χ0v) is 11.5. The van der Waals surface area contributed by atoms with E-state index in [0.717, 1.165) is 11.3 Å². The third kappa shape index (κ3) is 1.96. The molecule has 0 aliphatic carbocycles. The SMILES string of the molecule is COC(=O)c1cccc2c1[nH]c(=O)c1cc([N+](=O)[O-])sc12. The van der Waals surface area contributed by atoms with Crippen molar-refractivity contribution >= 4 is 43.3 Å². The Kier molecular flexibility index (Phi) is 2.95. The van der Waals surface area contributed by atoms with Gasteiger partial charge in [-0.1, -0.05) is 23.5 Å². The number of aromatic nitrogens is 1. The molecule has 3 rings (SSSR count). The smallest absolute Gasteiger partial charge is 0.339 e. The Morgan fingerprint density at radius 2 is 2.14 bits per heavy atom. The monoisotopic (exact) mass is 304 g/mol. The van der Waals surface area contributed by atoms with Crippen molar-refractivity contribution < 1.29 is 14.5 Å². The van der Waals surface area contributed by atoms with Gasteiger partial charge in [0, 0.05) is 11.5 Å². The van der Waals surface area contributed by atoms with Crippen LogP contribution in [0.15, 0.2) is 29.1 Å². The number of aromatic amines is 1. The van der Waals surface area contributed by atoms with Crippen molar-refractivity contribution in [1.29, 1.82) is 0 Å². The third-order valence-electron chi connectivity index (χ3n) is 3.10. The lowest BCUT2D eigenvalue weighted by Gasteiger charge is -2.04. The minimum absolute atomic E-state index is 0.119. The molecule has 7 nitrogen and oxygen atoms in total. The Labute approximate surface area is 120 Å². The van der Waals surface area contributed by atoms with Crippen molar-refractivity contribution in [1.82, 2.24) is 4.98 Å². The number of thiophene rings is 1. The molecule has 1 N–H and O–H groups in total. The van der Waals surface area contributed by atoms with Gasteiger partial charge in [-0.3, -0.25) is 14.9 Å². The molecule has 21 heavy (non-hydrogen) atoms. The summed E-state index contributed by atoms with van der Waals surface area (Å²) in [5.41, 5.74) is 0.0573. The number of carbonyl (C=O) groups is 1. The summed E-state index contributed by atoms with van der Waals surface area (Å²) in [6.45, 7) is 0. The first kappa shape index (κ1) is 13.3. The van der Waals surface area contributed by atoms with E-state index in [1.807, 2.05) is 0 Å². The average molecular weight is 304 g/mol. The highest BCUT2D eigenvalue weighted by molar-refractivity contribution is 7.23. The lowest BCUT2D eigenvalue weighted by molar-refractivity contribution is -0.380. The summed E-state index contributed by atoms with van der Waals surface area (Å²) in [5.74, 6) is -0.582. The number of methoxy groups -OCH3 is 1. The number of benzene rings is 1. The van der Waals surface area contributed by atoms with Crippen molar-refractivity contribution in [2.24, 2.45) is 0 Å². The molecule has 0 radical (unpaired) electrons. The average Bonchev–Trinajstić information content (AvgIpc) is 2.92. The minimum Gasteiger partial charge on any atom is -0.465 e. The van der Waals surface area contributed by atoms with Crippen LogP contribution in [0.3, 0.4) is 0 Å². The topological polar surface area (TPSA) is 102 Å². The van der Waals surface area contributed by atoms with Crippen LogP contribution in [0.25, 0.3) is 21.0 Å². The molecule has 2 heterocycles. The molecule has 0 atom stereocenters. The maximum Gasteiger partial charge on any atom is 0.339 e. The molecule has 0 saturated carbocycles. The molecule has 0 spiro atoms. The first-order chi connectivity index (χ1) is 10.0. The Bertz CT molecular complexity index is 956. The van der Waals surface area contributed by atoms with Gasteiger partial charge >= 0.3 is 11.0 Å². The van der Waals surface area contributed by atoms with Gasteiger partial charge in [-0.15, -0.1) is 0 Å². The quantitative estimate of drug-likeness (QED) is 0.445. The lowest BCUT2D eigenvalue weighted by atomic mass is 10.1. The molecule has 0 amide bonds. The van der Waals surface area contributed by atoms with E-state index in [4.69, 9.17) is 0 Å². The minimum atomic E-state index is -0.582. The third-order valence-corrected chi connectivity index (χ3v) is 4.22. The van der Waals surface area contributed by atoms with Crippen LogP contribution in [0.4, 0.5) is 5.00 Å². The molecule has 0 saturated heterocycles. The first-order valence-electron chi connectivity index (χ1n) is 5.84. The maximum absolute atomic E-state index is 12.1. The van der Waals surface area contributed by atoms with Crippen LogP contribution in [-0.2, 0) is 4.74 Å². The Balaban J connectivity index is 2.47. The van der Waals surface area contributed by atoms with Crippen molar-refractivity contribution in [2.75, 3.05) is 7.11 Å². The molecule has 1 aromatic carbocycles. The largest absolute Gasteiger partial charge is 0.465 e. The predicted molar refractivity (Wildman–Crippen MR) is 77.9 cm³/mol. The molecule has 0 bridgehead atoms. The van der Waals surface area contributed by atoms with Crippen molar-refractivity contribution in [3.63, 3.8) is 0 Å². The highest BCUT2D eigenvalue weighted by Crippen LogP contribution is 2.34. The fourth-order valence-corrected chi connectivity index (χ4v) is 3.18. The molecular formula is C13H8N2O5S. The van der Waals surface area contributed by atoms with Crippen molar-refractivity contribution in [3.8, 4) is 0 Å². The van der Waals surface area contributed by atoms with Gasteiger partial charge in [-0.25, -0.2) is 4.79 Å². The van der Waals surface area contributed by atoms with E-state index in [-0.39, 0.29) is 16.0 Å². The molecular weight excluding hydrogens is 296 g/mol. The number of hydrogen-bond acceptors (Lipinski definition) is 6.